The zero-order valence-corrected chi connectivity index (χ0v) is 19.0. The van der Waals surface area contributed by atoms with E-state index < -0.39 is 5.97 Å². The van der Waals surface area contributed by atoms with Gasteiger partial charge in [-0.2, -0.15) is 0 Å². The van der Waals surface area contributed by atoms with Crippen LogP contribution in [0.25, 0.3) is 0 Å². The fraction of sp³-hybridized carbons (Fsp3) is 0.308. The molecule has 6 heteroatoms. The Morgan fingerprint density at radius 1 is 1.09 bits per heavy atom. The van der Waals surface area contributed by atoms with Gasteiger partial charge >= 0.3 is 5.97 Å². The van der Waals surface area contributed by atoms with Gasteiger partial charge < -0.3 is 20.1 Å². The number of aromatic nitrogens is 1. The van der Waals surface area contributed by atoms with Crippen LogP contribution in [0.15, 0.2) is 60.9 Å². The Kier molecular flexibility index (Phi) is 8.08. The van der Waals surface area contributed by atoms with E-state index in [-0.39, 0.29) is 5.56 Å². The average molecular weight is 434 g/mol. The second-order valence-corrected chi connectivity index (χ2v) is 7.68. The summed E-state index contributed by atoms with van der Waals surface area (Å²) in [6, 6.07) is 16.6. The lowest BCUT2D eigenvalue weighted by Gasteiger charge is -2.21. The van der Waals surface area contributed by atoms with E-state index in [0.717, 1.165) is 18.8 Å². The molecule has 0 spiro atoms. The molecule has 2 aromatic carbocycles. The number of aromatic carboxylic acids is 1. The third-order valence-electron chi connectivity index (χ3n) is 5.49. The fourth-order valence-electron chi connectivity index (χ4n) is 3.68. The number of hydrogen-bond acceptors (Lipinski definition) is 5. The number of pyridine rings is 1. The van der Waals surface area contributed by atoms with Gasteiger partial charge in [-0.05, 0) is 79.3 Å². The summed E-state index contributed by atoms with van der Waals surface area (Å²) in [5.41, 5.74) is 6.26. The topological polar surface area (TPSA) is 74.7 Å². The highest BCUT2D eigenvalue weighted by atomic mass is 16.5. The predicted octanol–water partition coefficient (Wildman–Crippen LogP) is 5.55. The van der Waals surface area contributed by atoms with Crippen LogP contribution in [0.2, 0.25) is 0 Å². The van der Waals surface area contributed by atoms with Crippen molar-refractivity contribution in [3.63, 3.8) is 0 Å². The van der Waals surface area contributed by atoms with Gasteiger partial charge in [0.25, 0.3) is 0 Å². The van der Waals surface area contributed by atoms with E-state index in [0.29, 0.717) is 5.69 Å². The first-order chi connectivity index (χ1) is 15.5. The number of carbonyl (C=O) groups is 1. The second kappa shape index (κ2) is 11.2. The summed E-state index contributed by atoms with van der Waals surface area (Å²) in [5, 5.41) is 11.4. The van der Waals surface area contributed by atoms with Crippen LogP contribution in [-0.2, 0) is 12.8 Å². The van der Waals surface area contributed by atoms with Gasteiger partial charge in [-0.25, -0.2) is 4.79 Å². The van der Waals surface area contributed by atoms with Gasteiger partial charge in [0.1, 0.15) is 5.75 Å². The summed E-state index contributed by atoms with van der Waals surface area (Å²) < 4.78 is 5.64. The van der Waals surface area contributed by atoms with Gasteiger partial charge in [0.2, 0.25) is 0 Å². The number of hydrogen-bond donors (Lipinski definition) is 2. The van der Waals surface area contributed by atoms with Crippen LogP contribution in [0, 0.1) is 0 Å². The molecule has 32 heavy (non-hydrogen) atoms. The van der Waals surface area contributed by atoms with Crippen LogP contribution < -0.4 is 15.0 Å². The molecule has 1 heterocycles. The number of fused-ring (bicyclic) bond motifs is 1. The molecule has 1 aliphatic rings. The standard InChI is InChI=1S/C19H23NO.C7H8N2O2/c1-3-13-21-19-11-9-17(10-12-19)20(2)18-8-7-15-5-4-6-16(15)14-18;1-8-6-4-9-3-2-5(6)7(10)11/h7-12,14H,3-6,13H2,1-2H3;2-4,8H,1H3,(H,10,11). The molecule has 4 rings (SSSR count). The zero-order chi connectivity index (χ0) is 22.9. The van der Waals surface area contributed by atoms with Crippen molar-refractivity contribution in [3.05, 3.63) is 77.6 Å². The molecule has 168 valence electrons. The molecule has 0 atom stereocenters. The Bertz CT molecular complexity index is 1030. The van der Waals surface area contributed by atoms with Crippen molar-refractivity contribution >= 4 is 23.0 Å². The smallest absolute Gasteiger partial charge is 0.337 e. The SMILES string of the molecule is CCCOc1ccc(N(C)c2ccc3c(c2)CCC3)cc1.CNc1cnccc1C(=O)O. The average Bonchev–Trinajstić information content (AvgIpc) is 3.31. The monoisotopic (exact) mass is 433 g/mol. The molecule has 1 aliphatic carbocycles. The molecule has 0 unspecified atom stereocenters. The van der Waals surface area contributed by atoms with Crippen LogP contribution in [0.5, 0.6) is 5.75 Å². The maximum atomic E-state index is 10.5. The predicted molar refractivity (Wildman–Crippen MR) is 130 cm³/mol. The third-order valence-corrected chi connectivity index (χ3v) is 5.49. The first-order valence-electron chi connectivity index (χ1n) is 11.0. The molecular weight excluding hydrogens is 402 g/mol. The maximum Gasteiger partial charge on any atom is 0.337 e. The van der Waals surface area contributed by atoms with Gasteiger partial charge in [-0.1, -0.05) is 13.0 Å². The number of carboxylic acids is 1. The lowest BCUT2D eigenvalue weighted by atomic mass is 10.1. The van der Waals surface area contributed by atoms with Crippen molar-refractivity contribution < 1.29 is 14.6 Å². The molecule has 2 N–H and O–H groups in total. The summed E-state index contributed by atoms with van der Waals surface area (Å²) in [6.07, 6.45) is 7.72. The van der Waals surface area contributed by atoms with Gasteiger partial charge in [0, 0.05) is 31.7 Å². The summed E-state index contributed by atoms with van der Waals surface area (Å²) in [5.74, 6) is -0.000275. The number of benzene rings is 2. The number of carboxylic acid groups (broad SMARTS) is 1. The van der Waals surface area contributed by atoms with Gasteiger partial charge in [0.05, 0.1) is 24.1 Å². The number of nitrogens with one attached hydrogen (secondary N) is 1. The summed E-state index contributed by atoms with van der Waals surface area (Å²) in [4.78, 5) is 16.5. The lowest BCUT2D eigenvalue weighted by Crippen LogP contribution is -2.09. The Hall–Kier alpha value is -3.54. The molecule has 0 radical (unpaired) electrons. The highest BCUT2D eigenvalue weighted by Gasteiger charge is 2.13. The number of anilines is 3. The molecule has 3 aromatic rings. The van der Waals surface area contributed by atoms with E-state index in [2.05, 4.69) is 71.6 Å². The number of rotatable bonds is 7. The maximum absolute atomic E-state index is 10.5. The van der Waals surface area contributed by atoms with E-state index in [1.54, 1.807) is 7.05 Å². The van der Waals surface area contributed by atoms with Crippen molar-refractivity contribution in [2.45, 2.75) is 32.6 Å². The van der Waals surface area contributed by atoms with Crippen LogP contribution in [0.4, 0.5) is 17.1 Å². The van der Waals surface area contributed by atoms with Gasteiger partial charge in [-0.3, -0.25) is 4.98 Å². The van der Waals surface area contributed by atoms with Crippen molar-refractivity contribution in [1.29, 1.82) is 0 Å². The largest absolute Gasteiger partial charge is 0.494 e. The lowest BCUT2D eigenvalue weighted by molar-refractivity contribution is 0.0698. The van der Waals surface area contributed by atoms with Crippen molar-refractivity contribution in [3.8, 4) is 5.75 Å². The van der Waals surface area contributed by atoms with Crippen molar-refractivity contribution in [2.75, 3.05) is 30.9 Å². The zero-order valence-electron chi connectivity index (χ0n) is 19.0. The minimum atomic E-state index is -0.947. The van der Waals surface area contributed by atoms with Crippen LogP contribution in [-0.4, -0.2) is 36.8 Å². The van der Waals surface area contributed by atoms with Crippen LogP contribution >= 0.6 is 0 Å². The first kappa shape index (κ1) is 23.1. The highest BCUT2D eigenvalue weighted by molar-refractivity contribution is 5.93. The Morgan fingerprint density at radius 2 is 1.81 bits per heavy atom. The van der Waals surface area contributed by atoms with E-state index in [4.69, 9.17) is 9.84 Å². The summed E-state index contributed by atoms with van der Waals surface area (Å²) in [6.45, 7) is 2.90. The fourth-order valence-corrected chi connectivity index (χ4v) is 3.68. The van der Waals surface area contributed by atoms with E-state index >= 15 is 0 Å². The first-order valence-corrected chi connectivity index (χ1v) is 11.0. The quantitative estimate of drug-likeness (QED) is 0.509. The molecule has 6 nitrogen and oxygen atoms in total. The van der Waals surface area contributed by atoms with Gasteiger partial charge in [-0.15, -0.1) is 0 Å². The minimum Gasteiger partial charge on any atom is -0.494 e. The molecule has 0 fully saturated rings. The summed E-state index contributed by atoms with van der Waals surface area (Å²) in [7, 11) is 3.78. The van der Waals surface area contributed by atoms with Crippen LogP contribution in [0.1, 0.15) is 41.3 Å². The molecule has 0 amide bonds. The van der Waals surface area contributed by atoms with Crippen LogP contribution in [0.3, 0.4) is 0 Å². The molecule has 0 bridgehead atoms. The van der Waals surface area contributed by atoms with Gasteiger partial charge in [0.15, 0.2) is 0 Å². The van der Waals surface area contributed by atoms with E-state index in [9.17, 15) is 4.79 Å². The third kappa shape index (κ3) is 5.78. The molecular formula is C26H31N3O3. The van der Waals surface area contributed by atoms with Crippen molar-refractivity contribution in [1.82, 2.24) is 4.98 Å². The number of nitrogens with zero attached hydrogens (tertiary/aromatic N) is 2. The van der Waals surface area contributed by atoms with E-state index in [1.165, 1.54) is 60.2 Å². The molecule has 1 aromatic heterocycles. The normalized spacial score (nSPS) is 11.7. The molecule has 0 saturated heterocycles. The Labute approximate surface area is 189 Å². The second-order valence-electron chi connectivity index (χ2n) is 7.68. The number of aryl methyl sites for hydroxylation is 2. The molecule has 0 saturated carbocycles. The minimum absolute atomic E-state index is 0.238. The van der Waals surface area contributed by atoms with E-state index in [1.807, 2.05) is 0 Å². The Morgan fingerprint density at radius 3 is 2.47 bits per heavy atom. The Balaban J connectivity index is 0.000000222. The summed E-state index contributed by atoms with van der Waals surface area (Å²) >= 11 is 0. The number of ether oxygens (including phenoxy) is 1. The molecule has 0 aliphatic heterocycles. The highest BCUT2D eigenvalue weighted by Crippen LogP contribution is 2.30. The van der Waals surface area contributed by atoms with Crippen molar-refractivity contribution in [2.24, 2.45) is 0 Å².